The molecule has 3 nitrogen and oxygen atoms in total. The van der Waals surface area contributed by atoms with Crippen LogP contribution in [-0.2, 0) is 9.59 Å². The summed E-state index contributed by atoms with van der Waals surface area (Å²) in [7, 11) is 0. The first-order valence-electron chi connectivity index (χ1n) is 4.63. The molecule has 2 amide bonds. The van der Waals surface area contributed by atoms with Crippen LogP contribution in [0.25, 0.3) is 0 Å². The monoisotopic (exact) mass is 201 g/mol. The molecule has 1 aliphatic rings. The van der Waals surface area contributed by atoms with E-state index in [2.05, 4.69) is 12.6 Å². The maximum absolute atomic E-state index is 11.2. The third-order valence-corrected chi connectivity index (χ3v) is 2.95. The number of amides is 2. The van der Waals surface area contributed by atoms with Gasteiger partial charge in [0.2, 0.25) is 11.8 Å². The molecule has 1 heterocycles. The fraction of sp³-hybridized carbons (Fsp3) is 0.778. The molecule has 0 aromatic heterocycles. The molecule has 1 aliphatic heterocycles. The molecule has 0 N–H and O–H groups in total. The molecule has 0 saturated carbocycles. The number of hydrogen-bond acceptors (Lipinski definition) is 3. The number of rotatable bonds is 4. The van der Waals surface area contributed by atoms with Crippen LogP contribution in [0.3, 0.4) is 0 Å². The first-order valence-corrected chi connectivity index (χ1v) is 5.26. The Morgan fingerprint density at radius 3 is 2.31 bits per heavy atom. The van der Waals surface area contributed by atoms with Crippen LogP contribution in [0.1, 0.15) is 26.2 Å². The van der Waals surface area contributed by atoms with Gasteiger partial charge in [0.25, 0.3) is 0 Å². The highest BCUT2D eigenvalue weighted by molar-refractivity contribution is 7.80. The molecule has 1 saturated heterocycles. The molecule has 1 fully saturated rings. The number of carbonyl (C=O) groups excluding carboxylic acids is 2. The van der Waals surface area contributed by atoms with E-state index in [1.165, 1.54) is 4.90 Å². The second kappa shape index (κ2) is 4.65. The standard InChI is InChI=1S/C9H15NO2S/c1-2-7(6-13)5-10-8(11)3-4-9(10)12/h7,13H,2-6H2,1H3. The average molecular weight is 201 g/mol. The number of thiol groups is 1. The molecule has 1 unspecified atom stereocenters. The van der Waals surface area contributed by atoms with Gasteiger partial charge < -0.3 is 0 Å². The Bertz CT molecular complexity index is 198. The average Bonchev–Trinajstić information content (AvgIpc) is 2.44. The Morgan fingerprint density at radius 1 is 1.38 bits per heavy atom. The van der Waals surface area contributed by atoms with Gasteiger partial charge in [0, 0.05) is 19.4 Å². The van der Waals surface area contributed by atoms with Gasteiger partial charge in [-0.15, -0.1) is 0 Å². The van der Waals surface area contributed by atoms with Crippen molar-refractivity contribution >= 4 is 24.4 Å². The predicted molar refractivity (Wildman–Crippen MR) is 53.6 cm³/mol. The molecule has 1 atom stereocenters. The second-order valence-corrected chi connectivity index (χ2v) is 3.72. The lowest BCUT2D eigenvalue weighted by Gasteiger charge is -2.19. The summed E-state index contributed by atoms with van der Waals surface area (Å²) in [6.45, 7) is 2.60. The minimum absolute atomic E-state index is 0.0229. The van der Waals surface area contributed by atoms with Gasteiger partial charge in [-0.3, -0.25) is 14.5 Å². The third-order valence-electron chi connectivity index (χ3n) is 2.43. The van der Waals surface area contributed by atoms with Crippen LogP contribution in [0.2, 0.25) is 0 Å². The lowest BCUT2D eigenvalue weighted by Crippen LogP contribution is -2.34. The van der Waals surface area contributed by atoms with Gasteiger partial charge in [0.05, 0.1) is 0 Å². The summed E-state index contributed by atoms with van der Waals surface area (Å²) in [5, 5.41) is 0. The fourth-order valence-electron chi connectivity index (χ4n) is 1.40. The van der Waals surface area contributed by atoms with Crippen molar-refractivity contribution in [1.29, 1.82) is 0 Å². The Balaban J connectivity index is 2.51. The Morgan fingerprint density at radius 2 is 1.92 bits per heavy atom. The number of imide groups is 1. The van der Waals surface area contributed by atoms with Crippen LogP contribution in [-0.4, -0.2) is 29.0 Å². The molecule has 0 bridgehead atoms. The highest BCUT2D eigenvalue weighted by Gasteiger charge is 2.29. The zero-order chi connectivity index (χ0) is 9.84. The topological polar surface area (TPSA) is 37.4 Å². The summed E-state index contributed by atoms with van der Waals surface area (Å²) in [6, 6.07) is 0. The largest absolute Gasteiger partial charge is 0.282 e. The summed E-state index contributed by atoms with van der Waals surface area (Å²) in [5.41, 5.74) is 0. The summed E-state index contributed by atoms with van der Waals surface area (Å²) >= 11 is 4.18. The molecular formula is C9H15NO2S. The minimum atomic E-state index is -0.0229. The van der Waals surface area contributed by atoms with Crippen molar-refractivity contribution in [3.8, 4) is 0 Å². The molecule has 13 heavy (non-hydrogen) atoms. The van der Waals surface area contributed by atoms with E-state index in [-0.39, 0.29) is 11.8 Å². The van der Waals surface area contributed by atoms with Gasteiger partial charge >= 0.3 is 0 Å². The van der Waals surface area contributed by atoms with Crippen molar-refractivity contribution < 1.29 is 9.59 Å². The first kappa shape index (κ1) is 10.6. The van der Waals surface area contributed by atoms with Crippen molar-refractivity contribution in [3.05, 3.63) is 0 Å². The zero-order valence-corrected chi connectivity index (χ0v) is 8.72. The van der Waals surface area contributed by atoms with Crippen LogP contribution in [0.5, 0.6) is 0 Å². The van der Waals surface area contributed by atoms with Gasteiger partial charge in [-0.05, 0) is 11.7 Å². The maximum atomic E-state index is 11.2. The molecule has 4 heteroatoms. The quantitative estimate of drug-likeness (QED) is 0.546. The van der Waals surface area contributed by atoms with E-state index in [9.17, 15) is 9.59 Å². The SMILES string of the molecule is CCC(CS)CN1C(=O)CCC1=O. The normalized spacial score (nSPS) is 19.7. The molecule has 0 aliphatic carbocycles. The van der Waals surface area contributed by atoms with Gasteiger partial charge in [-0.2, -0.15) is 12.6 Å². The Hall–Kier alpha value is -0.510. The van der Waals surface area contributed by atoms with Crippen LogP contribution in [0.4, 0.5) is 0 Å². The van der Waals surface area contributed by atoms with Gasteiger partial charge in [-0.25, -0.2) is 0 Å². The second-order valence-electron chi connectivity index (χ2n) is 3.35. The zero-order valence-electron chi connectivity index (χ0n) is 7.82. The van der Waals surface area contributed by atoms with E-state index in [0.717, 1.165) is 12.2 Å². The van der Waals surface area contributed by atoms with E-state index < -0.39 is 0 Å². The van der Waals surface area contributed by atoms with Crippen LogP contribution in [0.15, 0.2) is 0 Å². The lowest BCUT2D eigenvalue weighted by atomic mass is 10.1. The molecule has 0 radical (unpaired) electrons. The van der Waals surface area contributed by atoms with E-state index in [4.69, 9.17) is 0 Å². The highest BCUT2D eigenvalue weighted by Crippen LogP contribution is 2.16. The maximum Gasteiger partial charge on any atom is 0.229 e. The van der Waals surface area contributed by atoms with Crippen molar-refractivity contribution in [2.75, 3.05) is 12.3 Å². The first-order chi connectivity index (χ1) is 6.19. The number of carbonyl (C=O) groups is 2. The molecular weight excluding hydrogens is 186 g/mol. The minimum Gasteiger partial charge on any atom is -0.282 e. The fourth-order valence-corrected chi connectivity index (χ4v) is 1.77. The molecule has 0 aromatic carbocycles. The number of hydrogen-bond donors (Lipinski definition) is 1. The van der Waals surface area contributed by atoms with Gasteiger partial charge in [-0.1, -0.05) is 13.3 Å². The van der Waals surface area contributed by atoms with Crippen molar-refractivity contribution in [1.82, 2.24) is 4.90 Å². The number of nitrogens with zero attached hydrogens (tertiary/aromatic N) is 1. The molecule has 0 spiro atoms. The highest BCUT2D eigenvalue weighted by atomic mass is 32.1. The lowest BCUT2D eigenvalue weighted by molar-refractivity contribution is -0.138. The van der Waals surface area contributed by atoms with Gasteiger partial charge in [0.15, 0.2) is 0 Å². The summed E-state index contributed by atoms with van der Waals surface area (Å²) in [5.74, 6) is 1.03. The smallest absolute Gasteiger partial charge is 0.229 e. The summed E-state index contributed by atoms with van der Waals surface area (Å²) < 4.78 is 0. The third kappa shape index (κ3) is 2.46. The van der Waals surface area contributed by atoms with Gasteiger partial charge in [0.1, 0.15) is 0 Å². The summed E-state index contributed by atoms with van der Waals surface area (Å²) in [6.07, 6.45) is 1.74. The van der Waals surface area contributed by atoms with Crippen LogP contribution in [0, 0.1) is 5.92 Å². The predicted octanol–water partition coefficient (Wildman–Crippen LogP) is 1.09. The Labute approximate surface area is 83.9 Å². The van der Waals surface area contributed by atoms with Crippen LogP contribution < -0.4 is 0 Å². The molecule has 0 aromatic rings. The van der Waals surface area contributed by atoms with Crippen LogP contribution >= 0.6 is 12.6 Å². The molecule has 1 rings (SSSR count). The summed E-state index contributed by atoms with van der Waals surface area (Å²) in [4.78, 5) is 23.8. The van der Waals surface area contributed by atoms with E-state index in [1.807, 2.05) is 6.92 Å². The van der Waals surface area contributed by atoms with Crippen molar-refractivity contribution in [2.45, 2.75) is 26.2 Å². The number of likely N-dealkylation sites (tertiary alicyclic amines) is 1. The Kier molecular flexibility index (Phi) is 3.78. The molecule has 74 valence electrons. The van der Waals surface area contributed by atoms with E-state index >= 15 is 0 Å². The van der Waals surface area contributed by atoms with E-state index in [1.54, 1.807) is 0 Å². The van der Waals surface area contributed by atoms with E-state index in [0.29, 0.717) is 25.3 Å². The van der Waals surface area contributed by atoms with Crippen molar-refractivity contribution in [3.63, 3.8) is 0 Å². The van der Waals surface area contributed by atoms with Crippen molar-refractivity contribution in [2.24, 2.45) is 5.92 Å².